The summed E-state index contributed by atoms with van der Waals surface area (Å²) in [5.41, 5.74) is 2.99. The van der Waals surface area contributed by atoms with Gasteiger partial charge in [0.1, 0.15) is 0 Å². The van der Waals surface area contributed by atoms with Crippen molar-refractivity contribution in [1.29, 1.82) is 0 Å². The second-order valence-corrected chi connectivity index (χ2v) is 5.20. The van der Waals surface area contributed by atoms with Crippen LogP contribution in [0.5, 0.6) is 0 Å². The molecule has 0 aliphatic rings. The van der Waals surface area contributed by atoms with E-state index >= 15 is 0 Å². The van der Waals surface area contributed by atoms with E-state index in [1.54, 1.807) is 0 Å². The van der Waals surface area contributed by atoms with E-state index in [2.05, 4.69) is 0 Å². The summed E-state index contributed by atoms with van der Waals surface area (Å²) in [6, 6.07) is 15.5. The predicted molar refractivity (Wildman–Crippen MR) is 80.9 cm³/mol. The van der Waals surface area contributed by atoms with Gasteiger partial charge in [-0.2, -0.15) is 0 Å². The van der Waals surface area contributed by atoms with Crippen LogP contribution in [0.2, 0.25) is 5.02 Å². The van der Waals surface area contributed by atoms with Crippen LogP contribution in [0.4, 0.5) is 5.69 Å². The van der Waals surface area contributed by atoms with E-state index in [1.165, 1.54) is 0 Å². The Kier molecular flexibility index (Phi) is 4.46. The van der Waals surface area contributed by atoms with Crippen LogP contribution in [0.3, 0.4) is 0 Å². The average molecular weight is 276 g/mol. The quantitative estimate of drug-likeness (QED) is 0.920. The summed E-state index contributed by atoms with van der Waals surface area (Å²) in [6.07, 6.45) is -0.00262. The SMILES string of the molecule is CN(C)c1ccc(C(O)Cc2ccccc2Cl)cc1. The number of halogens is 1. The van der Waals surface area contributed by atoms with Crippen molar-refractivity contribution in [3.63, 3.8) is 0 Å². The molecule has 2 nitrogen and oxygen atoms in total. The molecule has 0 aliphatic carbocycles. The number of hydrogen-bond donors (Lipinski definition) is 1. The first-order valence-corrected chi connectivity index (χ1v) is 6.64. The van der Waals surface area contributed by atoms with Gasteiger partial charge in [0.2, 0.25) is 0 Å². The summed E-state index contributed by atoms with van der Waals surface area (Å²) in [4.78, 5) is 2.03. The summed E-state index contributed by atoms with van der Waals surface area (Å²) < 4.78 is 0. The molecule has 1 N–H and O–H groups in total. The van der Waals surface area contributed by atoms with Gasteiger partial charge in [0.15, 0.2) is 0 Å². The number of aliphatic hydroxyl groups excluding tert-OH is 1. The second kappa shape index (κ2) is 6.09. The fraction of sp³-hybridized carbons (Fsp3) is 0.250. The van der Waals surface area contributed by atoms with E-state index in [1.807, 2.05) is 67.5 Å². The molecule has 0 aliphatic heterocycles. The molecular formula is C16H18ClNO. The Labute approximate surface area is 119 Å². The topological polar surface area (TPSA) is 23.5 Å². The van der Waals surface area contributed by atoms with Crippen molar-refractivity contribution >= 4 is 17.3 Å². The third kappa shape index (κ3) is 3.49. The number of aliphatic hydroxyl groups is 1. The molecule has 2 aromatic rings. The highest BCUT2D eigenvalue weighted by atomic mass is 35.5. The Morgan fingerprint density at radius 2 is 1.68 bits per heavy atom. The van der Waals surface area contributed by atoms with Crippen LogP contribution in [0.15, 0.2) is 48.5 Å². The van der Waals surface area contributed by atoms with Crippen LogP contribution in [-0.4, -0.2) is 19.2 Å². The zero-order valence-electron chi connectivity index (χ0n) is 11.2. The highest BCUT2D eigenvalue weighted by Crippen LogP contribution is 2.24. The van der Waals surface area contributed by atoms with Gasteiger partial charge >= 0.3 is 0 Å². The summed E-state index contributed by atoms with van der Waals surface area (Å²) in [5.74, 6) is 0. The molecule has 0 heterocycles. The minimum absolute atomic E-state index is 0.529. The van der Waals surface area contributed by atoms with Crippen molar-refractivity contribution in [1.82, 2.24) is 0 Å². The maximum absolute atomic E-state index is 10.3. The molecule has 0 amide bonds. The lowest BCUT2D eigenvalue weighted by Crippen LogP contribution is -2.09. The molecule has 0 saturated carbocycles. The normalized spacial score (nSPS) is 12.2. The number of rotatable bonds is 4. The van der Waals surface area contributed by atoms with Crippen LogP contribution in [0.1, 0.15) is 17.2 Å². The number of nitrogens with zero attached hydrogens (tertiary/aromatic N) is 1. The van der Waals surface area contributed by atoms with E-state index in [9.17, 15) is 5.11 Å². The Hall–Kier alpha value is -1.51. The van der Waals surface area contributed by atoms with Crippen molar-refractivity contribution in [2.24, 2.45) is 0 Å². The van der Waals surface area contributed by atoms with Gasteiger partial charge in [-0.3, -0.25) is 0 Å². The molecule has 0 radical (unpaired) electrons. The maximum atomic E-state index is 10.3. The lowest BCUT2D eigenvalue weighted by atomic mass is 10.0. The van der Waals surface area contributed by atoms with E-state index in [-0.39, 0.29) is 0 Å². The van der Waals surface area contributed by atoms with Crippen molar-refractivity contribution in [2.75, 3.05) is 19.0 Å². The molecule has 0 bridgehead atoms. The average Bonchev–Trinajstić information content (AvgIpc) is 2.41. The summed E-state index contributed by atoms with van der Waals surface area (Å²) in [7, 11) is 3.99. The third-order valence-electron chi connectivity index (χ3n) is 3.17. The molecule has 0 saturated heterocycles. The zero-order chi connectivity index (χ0) is 13.8. The Morgan fingerprint density at radius 3 is 2.26 bits per heavy atom. The molecule has 19 heavy (non-hydrogen) atoms. The Bertz CT molecular complexity index is 537. The van der Waals surface area contributed by atoms with Gasteiger partial charge in [0.25, 0.3) is 0 Å². The summed E-state index contributed by atoms with van der Waals surface area (Å²) >= 11 is 6.10. The van der Waals surface area contributed by atoms with Crippen LogP contribution < -0.4 is 4.90 Å². The lowest BCUT2D eigenvalue weighted by molar-refractivity contribution is 0.178. The molecule has 1 atom stereocenters. The standard InChI is InChI=1S/C16H18ClNO/c1-18(2)14-9-7-12(8-10-14)16(19)11-13-5-3-4-6-15(13)17/h3-10,16,19H,11H2,1-2H3. The second-order valence-electron chi connectivity index (χ2n) is 4.80. The van der Waals surface area contributed by atoms with Gasteiger partial charge in [0.05, 0.1) is 6.10 Å². The van der Waals surface area contributed by atoms with Gasteiger partial charge in [-0.1, -0.05) is 41.9 Å². The molecule has 0 aromatic heterocycles. The van der Waals surface area contributed by atoms with E-state index in [0.29, 0.717) is 11.4 Å². The predicted octanol–water partition coefficient (Wildman–Crippen LogP) is 3.68. The summed E-state index contributed by atoms with van der Waals surface area (Å²) in [5, 5.41) is 11.0. The minimum Gasteiger partial charge on any atom is -0.388 e. The van der Waals surface area contributed by atoms with Gasteiger partial charge in [-0.25, -0.2) is 0 Å². The molecule has 1 unspecified atom stereocenters. The molecular weight excluding hydrogens is 258 g/mol. The van der Waals surface area contributed by atoms with Crippen LogP contribution >= 0.6 is 11.6 Å². The van der Waals surface area contributed by atoms with Crippen molar-refractivity contribution in [3.8, 4) is 0 Å². The molecule has 2 aromatic carbocycles. The van der Waals surface area contributed by atoms with Gasteiger partial charge in [-0.15, -0.1) is 0 Å². The van der Waals surface area contributed by atoms with Crippen molar-refractivity contribution in [2.45, 2.75) is 12.5 Å². The fourth-order valence-corrected chi connectivity index (χ4v) is 2.20. The Morgan fingerprint density at radius 1 is 1.05 bits per heavy atom. The monoisotopic (exact) mass is 275 g/mol. The molecule has 2 rings (SSSR count). The molecule has 0 fully saturated rings. The third-order valence-corrected chi connectivity index (χ3v) is 3.53. The number of anilines is 1. The van der Waals surface area contributed by atoms with E-state index in [0.717, 1.165) is 16.8 Å². The first-order chi connectivity index (χ1) is 9.08. The molecule has 3 heteroatoms. The van der Waals surface area contributed by atoms with Crippen LogP contribution in [-0.2, 0) is 6.42 Å². The van der Waals surface area contributed by atoms with Crippen molar-refractivity contribution < 1.29 is 5.11 Å². The largest absolute Gasteiger partial charge is 0.388 e. The number of benzene rings is 2. The van der Waals surface area contributed by atoms with Crippen LogP contribution in [0.25, 0.3) is 0 Å². The molecule has 0 spiro atoms. The number of hydrogen-bond acceptors (Lipinski definition) is 2. The van der Waals surface area contributed by atoms with Gasteiger partial charge in [-0.05, 0) is 29.3 Å². The Balaban J connectivity index is 2.12. The maximum Gasteiger partial charge on any atom is 0.0830 e. The first-order valence-electron chi connectivity index (χ1n) is 6.26. The minimum atomic E-state index is -0.531. The van der Waals surface area contributed by atoms with Gasteiger partial charge < -0.3 is 10.0 Å². The fourth-order valence-electron chi connectivity index (χ4n) is 1.98. The first kappa shape index (κ1) is 13.9. The highest BCUT2D eigenvalue weighted by Gasteiger charge is 2.10. The van der Waals surface area contributed by atoms with Crippen molar-refractivity contribution in [3.05, 3.63) is 64.7 Å². The summed E-state index contributed by atoms with van der Waals surface area (Å²) in [6.45, 7) is 0. The van der Waals surface area contributed by atoms with Crippen LogP contribution in [0, 0.1) is 0 Å². The lowest BCUT2D eigenvalue weighted by Gasteiger charge is -2.15. The smallest absolute Gasteiger partial charge is 0.0830 e. The zero-order valence-corrected chi connectivity index (χ0v) is 11.9. The highest BCUT2D eigenvalue weighted by molar-refractivity contribution is 6.31. The van der Waals surface area contributed by atoms with Gasteiger partial charge in [0, 0.05) is 31.2 Å². The van der Waals surface area contributed by atoms with E-state index < -0.39 is 6.10 Å². The molecule has 100 valence electrons. The van der Waals surface area contributed by atoms with E-state index in [4.69, 9.17) is 11.6 Å².